The van der Waals surface area contributed by atoms with Crippen molar-refractivity contribution in [3.63, 3.8) is 0 Å². The Labute approximate surface area is 179 Å². The molecule has 6 nitrogen and oxygen atoms in total. The van der Waals surface area contributed by atoms with Crippen molar-refractivity contribution >= 4 is 21.6 Å². The van der Waals surface area contributed by atoms with E-state index in [0.29, 0.717) is 17.2 Å². The standard InChI is InChI=1S/C23H30N2O4S/c1-18(23(26)24-19-10-6-3-4-7-11-19)25(30(2,27)28)20-14-16-22(17-15-20)29-21-12-8-5-9-13-21/h5,8-9,12-19H,3-4,6-7,10-11H2,1-2H3,(H,24,26)/t18-/m0/s1. The summed E-state index contributed by atoms with van der Waals surface area (Å²) in [4.78, 5) is 12.9. The summed E-state index contributed by atoms with van der Waals surface area (Å²) in [7, 11) is -3.65. The zero-order valence-corrected chi connectivity index (χ0v) is 18.4. The molecule has 0 radical (unpaired) electrons. The van der Waals surface area contributed by atoms with Crippen molar-refractivity contribution in [3.05, 3.63) is 54.6 Å². The van der Waals surface area contributed by atoms with Gasteiger partial charge in [-0.2, -0.15) is 0 Å². The van der Waals surface area contributed by atoms with Gasteiger partial charge < -0.3 is 10.1 Å². The number of amides is 1. The quantitative estimate of drug-likeness (QED) is 0.658. The molecule has 0 unspecified atom stereocenters. The Morgan fingerprint density at radius 2 is 1.53 bits per heavy atom. The van der Waals surface area contributed by atoms with Gasteiger partial charge >= 0.3 is 0 Å². The molecule has 1 aliphatic carbocycles. The number of benzene rings is 2. The van der Waals surface area contributed by atoms with E-state index in [9.17, 15) is 13.2 Å². The predicted octanol–water partition coefficient (Wildman–Crippen LogP) is 4.47. The first-order valence-electron chi connectivity index (χ1n) is 10.5. The molecule has 1 amide bonds. The van der Waals surface area contributed by atoms with Crippen LogP contribution in [0.3, 0.4) is 0 Å². The van der Waals surface area contributed by atoms with Gasteiger partial charge in [0.2, 0.25) is 15.9 Å². The molecule has 1 saturated carbocycles. The minimum Gasteiger partial charge on any atom is -0.457 e. The van der Waals surface area contributed by atoms with E-state index in [1.807, 2.05) is 30.3 Å². The van der Waals surface area contributed by atoms with Gasteiger partial charge in [0.15, 0.2) is 0 Å². The van der Waals surface area contributed by atoms with Gasteiger partial charge in [-0.05, 0) is 56.2 Å². The molecule has 0 bridgehead atoms. The van der Waals surface area contributed by atoms with E-state index in [1.54, 1.807) is 31.2 Å². The molecule has 0 spiro atoms. The molecule has 1 atom stereocenters. The Balaban J connectivity index is 1.74. The lowest BCUT2D eigenvalue weighted by molar-refractivity contribution is -0.122. The molecule has 30 heavy (non-hydrogen) atoms. The molecular formula is C23H30N2O4S. The Morgan fingerprint density at radius 3 is 2.10 bits per heavy atom. The van der Waals surface area contributed by atoms with E-state index in [2.05, 4.69) is 5.32 Å². The maximum absolute atomic E-state index is 12.9. The van der Waals surface area contributed by atoms with E-state index < -0.39 is 16.1 Å². The number of para-hydroxylation sites is 1. The highest BCUT2D eigenvalue weighted by atomic mass is 32.2. The SMILES string of the molecule is C[C@@H](C(=O)NC1CCCCCC1)N(c1ccc(Oc2ccccc2)cc1)S(C)(=O)=O. The number of ether oxygens (including phenoxy) is 1. The normalized spacial score (nSPS) is 16.3. The average molecular weight is 431 g/mol. The van der Waals surface area contributed by atoms with Crippen LogP contribution in [0, 0.1) is 0 Å². The summed E-state index contributed by atoms with van der Waals surface area (Å²) < 4.78 is 32.0. The van der Waals surface area contributed by atoms with Gasteiger partial charge in [-0.15, -0.1) is 0 Å². The summed E-state index contributed by atoms with van der Waals surface area (Å²) in [5.74, 6) is 1.02. The minimum absolute atomic E-state index is 0.116. The lowest BCUT2D eigenvalue weighted by Gasteiger charge is -2.29. The monoisotopic (exact) mass is 430 g/mol. The molecule has 0 aromatic heterocycles. The van der Waals surface area contributed by atoms with E-state index in [1.165, 1.54) is 17.1 Å². The Bertz CT molecular complexity index is 921. The highest BCUT2D eigenvalue weighted by Gasteiger charge is 2.30. The molecule has 0 aliphatic heterocycles. The Kier molecular flexibility index (Phi) is 7.37. The lowest BCUT2D eigenvalue weighted by atomic mass is 10.1. The third-order valence-electron chi connectivity index (χ3n) is 5.36. The predicted molar refractivity (Wildman–Crippen MR) is 119 cm³/mol. The van der Waals surface area contributed by atoms with Crippen LogP contribution in [0.15, 0.2) is 54.6 Å². The molecule has 1 N–H and O–H groups in total. The van der Waals surface area contributed by atoms with Crippen LogP contribution in [0.5, 0.6) is 11.5 Å². The van der Waals surface area contributed by atoms with Crippen molar-refractivity contribution in [1.82, 2.24) is 5.32 Å². The molecule has 3 rings (SSSR count). The number of hydrogen-bond acceptors (Lipinski definition) is 4. The summed E-state index contributed by atoms with van der Waals surface area (Å²) in [6, 6.07) is 15.4. The third-order valence-corrected chi connectivity index (χ3v) is 6.60. The number of anilines is 1. The Morgan fingerprint density at radius 1 is 0.967 bits per heavy atom. The van der Waals surface area contributed by atoms with Crippen LogP contribution in [-0.4, -0.2) is 32.7 Å². The van der Waals surface area contributed by atoms with E-state index in [-0.39, 0.29) is 11.9 Å². The van der Waals surface area contributed by atoms with Crippen molar-refractivity contribution in [2.75, 3.05) is 10.6 Å². The summed E-state index contributed by atoms with van der Waals surface area (Å²) in [6.07, 6.45) is 7.59. The Hall–Kier alpha value is -2.54. The van der Waals surface area contributed by atoms with E-state index in [4.69, 9.17) is 4.74 Å². The van der Waals surface area contributed by atoms with Crippen molar-refractivity contribution < 1.29 is 17.9 Å². The largest absolute Gasteiger partial charge is 0.457 e. The number of nitrogens with one attached hydrogen (secondary N) is 1. The molecule has 2 aromatic carbocycles. The van der Waals surface area contributed by atoms with Crippen molar-refractivity contribution in [2.24, 2.45) is 0 Å². The second kappa shape index (κ2) is 9.98. The number of sulfonamides is 1. The van der Waals surface area contributed by atoms with E-state index in [0.717, 1.165) is 31.9 Å². The number of hydrogen-bond donors (Lipinski definition) is 1. The van der Waals surface area contributed by atoms with Gasteiger partial charge in [0, 0.05) is 6.04 Å². The molecule has 2 aromatic rings. The van der Waals surface area contributed by atoms with Gasteiger partial charge in [-0.3, -0.25) is 9.10 Å². The highest BCUT2D eigenvalue weighted by molar-refractivity contribution is 7.92. The van der Waals surface area contributed by atoms with Crippen LogP contribution in [-0.2, 0) is 14.8 Å². The fraction of sp³-hybridized carbons (Fsp3) is 0.435. The molecule has 7 heteroatoms. The zero-order valence-electron chi connectivity index (χ0n) is 17.6. The number of carbonyl (C=O) groups excluding carboxylic acids is 1. The van der Waals surface area contributed by atoms with Crippen LogP contribution in [0.4, 0.5) is 5.69 Å². The number of nitrogens with zero attached hydrogens (tertiary/aromatic N) is 1. The zero-order chi connectivity index (χ0) is 21.6. The molecule has 1 aliphatic rings. The van der Waals surface area contributed by atoms with Crippen LogP contribution in [0.25, 0.3) is 0 Å². The fourth-order valence-electron chi connectivity index (χ4n) is 3.84. The average Bonchev–Trinajstić information content (AvgIpc) is 2.98. The van der Waals surface area contributed by atoms with Crippen molar-refractivity contribution in [2.45, 2.75) is 57.5 Å². The van der Waals surface area contributed by atoms with Crippen LogP contribution in [0.1, 0.15) is 45.4 Å². The maximum Gasteiger partial charge on any atom is 0.243 e. The summed E-state index contributed by atoms with van der Waals surface area (Å²) >= 11 is 0. The van der Waals surface area contributed by atoms with Crippen LogP contribution >= 0.6 is 0 Å². The minimum atomic E-state index is -3.65. The summed E-state index contributed by atoms with van der Waals surface area (Å²) in [5.41, 5.74) is 0.432. The van der Waals surface area contributed by atoms with Crippen molar-refractivity contribution in [1.29, 1.82) is 0 Å². The first-order chi connectivity index (χ1) is 14.3. The summed E-state index contributed by atoms with van der Waals surface area (Å²) in [6.45, 7) is 1.63. The third kappa shape index (κ3) is 5.98. The molecule has 0 heterocycles. The summed E-state index contributed by atoms with van der Waals surface area (Å²) in [5, 5.41) is 3.06. The van der Waals surface area contributed by atoms with Gasteiger partial charge in [-0.1, -0.05) is 43.9 Å². The van der Waals surface area contributed by atoms with Crippen LogP contribution in [0.2, 0.25) is 0 Å². The van der Waals surface area contributed by atoms with Crippen molar-refractivity contribution in [3.8, 4) is 11.5 Å². The topological polar surface area (TPSA) is 75.7 Å². The van der Waals surface area contributed by atoms with Crippen LogP contribution < -0.4 is 14.4 Å². The van der Waals surface area contributed by atoms with Gasteiger partial charge in [-0.25, -0.2) is 8.42 Å². The van der Waals surface area contributed by atoms with Gasteiger partial charge in [0.1, 0.15) is 17.5 Å². The second-order valence-corrected chi connectivity index (χ2v) is 9.70. The molecular weight excluding hydrogens is 400 g/mol. The molecule has 0 saturated heterocycles. The van der Waals surface area contributed by atoms with Gasteiger partial charge in [0.05, 0.1) is 11.9 Å². The maximum atomic E-state index is 12.9. The fourth-order valence-corrected chi connectivity index (χ4v) is 5.01. The first kappa shape index (κ1) is 22.2. The molecule has 1 fully saturated rings. The number of carbonyl (C=O) groups is 1. The first-order valence-corrected chi connectivity index (χ1v) is 12.3. The number of rotatable bonds is 7. The lowest BCUT2D eigenvalue weighted by Crippen LogP contribution is -2.50. The smallest absolute Gasteiger partial charge is 0.243 e. The molecule has 162 valence electrons. The van der Waals surface area contributed by atoms with E-state index >= 15 is 0 Å². The highest BCUT2D eigenvalue weighted by Crippen LogP contribution is 2.27. The second-order valence-electron chi connectivity index (χ2n) is 7.84. The van der Waals surface area contributed by atoms with Gasteiger partial charge in [0.25, 0.3) is 0 Å².